The third-order valence-corrected chi connectivity index (χ3v) is 4.67. The van der Waals surface area contributed by atoms with E-state index in [0.717, 1.165) is 29.9 Å². The Morgan fingerprint density at radius 1 is 0.882 bits per heavy atom. The van der Waals surface area contributed by atoms with Crippen LogP contribution in [-0.4, -0.2) is 45.3 Å². The number of hydrogen-bond donors (Lipinski definition) is 2. The van der Waals surface area contributed by atoms with E-state index < -0.39 is 5.97 Å². The minimum Gasteiger partial charge on any atom is -0.478 e. The van der Waals surface area contributed by atoms with Gasteiger partial charge in [0.2, 0.25) is 0 Å². The molecule has 1 saturated heterocycles. The predicted octanol–water partition coefficient (Wildman–Crippen LogP) is 3.83. The van der Waals surface area contributed by atoms with Crippen molar-refractivity contribution in [2.45, 2.75) is 38.9 Å². The highest BCUT2D eigenvalue weighted by Crippen LogP contribution is 2.08. The van der Waals surface area contributed by atoms with E-state index in [4.69, 9.17) is 19.7 Å². The third-order valence-electron chi connectivity index (χ3n) is 4.67. The standard InChI is InChI=1S/C16H15NO4.C6H7NO.C4H8O/c18-15(21-11-13-2-1-9-17-10-13)8-5-12-3-6-14(7-4-12)16(19)20;8-5-6-2-1-3-7-4-6;1-2-4-5-3-1/h1-4,6-7,9-10H,5,8,11H2,(H,19,20);1-4,8H,5H2;1-4H2. The number of ether oxygens (including phenoxy) is 2. The Hall–Kier alpha value is -3.62. The van der Waals surface area contributed by atoms with Crippen molar-refractivity contribution in [3.8, 4) is 0 Å². The molecule has 0 saturated carbocycles. The second kappa shape index (κ2) is 16.1. The van der Waals surface area contributed by atoms with Gasteiger partial charge in [0.15, 0.2) is 0 Å². The van der Waals surface area contributed by atoms with Crippen LogP contribution in [-0.2, 0) is 33.9 Å². The number of carbonyl (C=O) groups excluding carboxylic acids is 1. The van der Waals surface area contributed by atoms with E-state index >= 15 is 0 Å². The van der Waals surface area contributed by atoms with Crippen LogP contribution in [0.3, 0.4) is 0 Å². The molecule has 8 heteroatoms. The van der Waals surface area contributed by atoms with Crippen molar-refractivity contribution >= 4 is 11.9 Å². The molecule has 3 heterocycles. The lowest BCUT2D eigenvalue weighted by atomic mass is 10.1. The number of nitrogens with zero attached hydrogens (tertiary/aromatic N) is 2. The summed E-state index contributed by atoms with van der Waals surface area (Å²) in [6.45, 7) is 2.29. The fourth-order valence-corrected chi connectivity index (χ4v) is 2.78. The van der Waals surface area contributed by atoms with Gasteiger partial charge in [0.05, 0.1) is 12.2 Å². The summed E-state index contributed by atoms with van der Waals surface area (Å²) < 4.78 is 10.1. The van der Waals surface area contributed by atoms with Crippen LogP contribution in [0.5, 0.6) is 0 Å². The zero-order valence-corrected chi connectivity index (χ0v) is 19.0. The van der Waals surface area contributed by atoms with Crippen LogP contribution in [0.15, 0.2) is 73.3 Å². The molecular weight excluding hydrogens is 436 g/mol. The Morgan fingerprint density at radius 3 is 1.94 bits per heavy atom. The smallest absolute Gasteiger partial charge is 0.335 e. The van der Waals surface area contributed by atoms with Crippen molar-refractivity contribution in [1.29, 1.82) is 0 Å². The number of aliphatic hydroxyl groups is 1. The van der Waals surface area contributed by atoms with Crippen molar-refractivity contribution in [1.82, 2.24) is 9.97 Å². The summed E-state index contributed by atoms with van der Waals surface area (Å²) in [5, 5.41) is 17.3. The molecule has 34 heavy (non-hydrogen) atoms. The van der Waals surface area contributed by atoms with Crippen molar-refractivity contribution in [2.24, 2.45) is 0 Å². The van der Waals surface area contributed by atoms with E-state index in [1.807, 2.05) is 12.1 Å². The van der Waals surface area contributed by atoms with E-state index in [-0.39, 0.29) is 31.2 Å². The number of hydrogen-bond acceptors (Lipinski definition) is 7. The van der Waals surface area contributed by atoms with Crippen LogP contribution < -0.4 is 0 Å². The Balaban J connectivity index is 0.000000253. The molecule has 180 valence electrons. The zero-order valence-electron chi connectivity index (χ0n) is 19.0. The molecule has 8 nitrogen and oxygen atoms in total. The molecule has 1 aliphatic heterocycles. The van der Waals surface area contributed by atoms with Gasteiger partial charge in [-0.25, -0.2) is 4.79 Å². The molecule has 4 rings (SSSR count). The van der Waals surface area contributed by atoms with Crippen LogP contribution in [0, 0.1) is 0 Å². The van der Waals surface area contributed by atoms with E-state index in [1.165, 1.54) is 25.0 Å². The molecule has 0 unspecified atom stereocenters. The van der Waals surface area contributed by atoms with Crippen LogP contribution in [0.25, 0.3) is 0 Å². The highest BCUT2D eigenvalue weighted by molar-refractivity contribution is 5.87. The summed E-state index contributed by atoms with van der Waals surface area (Å²) in [6.07, 6.45) is 9.96. The summed E-state index contributed by atoms with van der Waals surface area (Å²) >= 11 is 0. The topological polar surface area (TPSA) is 119 Å². The second-order valence-electron chi connectivity index (χ2n) is 7.36. The molecule has 1 aromatic carbocycles. The molecule has 1 fully saturated rings. The minimum absolute atomic E-state index is 0.0772. The molecule has 3 aromatic rings. The fraction of sp³-hybridized carbons (Fsp3) is 0.308. The van der Waals surface area contributed by atoms with Gasteiger partial charge in [-0.05, 0) is 54.7 Å². The molecule has 0 radical (unpaired) electrons. The number of rotatable bonds is 7. The summed E-state index contributed by atoms with van der Waals surface area (Å²) in [5.74, 6) is -1.25. The summed E-state index contributed by atoms with van der Waals surface area (Å²) in [4.78, 5) is 30.1. The van der Waals surface area contributed by atoms with Crippen LogP contribution in [0.2, 0.25) is 0 Å². The lowest BCUT2D eigenvalue weighted by Crippen LogP contribution is -2.06. The van der Waals surface area contributed by atoms with Crippen molar-refractivity contribution < 1.29 is 29.3 Å². The molecule has 2 aromatic heterocycles. The largest absolute Gasteiger partial charge is 0.478 e. The monoisotopic (exact) mass is 466 g/mol. The van der Waals surface area contributed by atoms with E-state index in [2.05, 4.69) is 9.97 Å². The maximum Gasteiger partial charge on any atom is 0.335 e. The van der Waals surface area contributed by atoms with Crippen LogP contribution in [0.1, 0.15) is 46.3 Å². The number of aliphatic hydroxyl groups excluding tert-OH is 1. The van der Waals surface area contributed by atoms with E-state index in [9.17, 15) is 9.59 Å². The highest BCUT2D eigenvalue weighted by atomic mass is 16.5. The Bertz CT molecular complexity index is 954. The number of carbonyl (C=O) groups is 2. The Labute approximate surface area is 199 Å². The SMILES string of the molecule is C1CCOC1.O=C(CCc1ccc(C(=O)O)cc1)OCc1cccnc1.OCc1cccnc1. The summed E-state index contributed by atoms with van der Waals surface area (Å²) in [7, 11) is 0. The van der Waals surface area contributed by atoms with E-state index in [1.54, 1.807) is 49.1 Å². The Kier molecular flexibility index (Phi) is 12.6. The number of aromatic nitrogens is 2. The van der Waals surface area contributed by atoms with Gasteiger partial charge in [-0.15, -0.1) is 0 Å². The fourth-order valence-electron chi connectivity index (χ4n) is 2.78. The predicted molar refractivity (Wildman–Crippen MR) is 126 cm³/mol. The maximum absolute atomic E-state index is 11.6. The maximum atomic E-state index is 11.6. The molecule has 0 aliphatic carbocycles. The third kappa shape index (κ3) is 11.3. The number of esters is 1. The van der Waals surface area contributed by atoms with Gasteiger partial charge in [0, 0.05) is 50.0 Å². The van der Waals surface area contributed by atoms with Crippen LogP contribution in [0.4, 0.5) is 0 Å². The normalized spacial score (nSPS) is 11.9. The summed E-state index contributed by atoms with van der Waals surface area (Å²) in [6, 6.07) is 13.7. The number of carboxylic acids is 1. The minimum atomic E-state index is -0.961. The van der Waals surface area contributed by atoms with Crippen molar-refractivity contribution in [3.63, 3.8) is 0 Å². The zero-order chi connectivity index (χ0) is 24.4. The number of carboxylic acid groups (broad SMARTS) is 1. The molecule has 1 aliphatic rings. The lowest BCUT2D eigenvalue weighted by Gasteiger charge is -2.05. The highest BCUT2D eigenvalue weighted by Gasteiger charge is 2.06. The first-order chi connectivity index (χ1) is 16.6. The van der Waals surface area contributed by atoms with Gasteiger partial charge in [0.25, 0.3) is 0 Å². The van der Waals surface area contributed by atoms with Gasteiger partial charge in [0.1, 0.15) is 6.61 Å². The average Bonchev–Trinajstić information content (AvgIpc) is 3.48. The van der Waals surface area contributed by atoms with Crippen molar-refractivity contribution in [2.75, 3.05) is 13.2 Å². The number of pyridine rings is 2. The second-order valence-corrected chi connectivity index (χ2v) is 7.36. The van der Waals surface area contributed by atoms with Crippen molar-refractivity contribution in [3.05, 3.63) is 95.6 Å². The van der Waals surface area contributed by atoms with Gasteiger partial charge in [-0.2, -0.15) is 0 Å². The molecular formula is C26H30N2O6. The molecule has 0 spiro atoms. The number of benzene rings is 1. The quantitative estimate of drug-likeness (QED) is 0.505. The number of aromatic carboxylic acids is 1. The number of aryl methyl sites for hydroxylation is 1. The molecule has 0 amide bonds. The average molecular weight is 467 g/mol. The Morgan fingerprint density at radius 2 is 1.50 bits per heavy atom. The van der Waals surface area contributed by atoms with Gasteiger partial charge < -0.3 is 19.7 Å². The molecule has 0 atom stereocenters. The van der Waals surface area contributed by atoms with Gasteiger partial charge in [-0.1, -0.05) is 24.3 Å². The first-order valence-electron chi connectivity index (χ1n) is 11.0. The van der Waals surface area contributed by atoms with E-state index in [0.29, 0.717) is 6.42 Å². The molecule has 2 N–H and O–H groups in total. The van der Waals surface area contributed by atoms with Gasteiger partial charge in [-0.3, -0.25) is 14.8 Å². The first-order valence-corrected chi connectivity index (χ1v) is 11.0. The molecule has 0 bridgehead atoms. The first kappa shape index (κ1) is 26.6. The van der Waals surface area contributed by atoms with Crippen LogP contribution >= 0.6 is 0 Å². The summed E-state index contributed by atoms with van der Waals surface area (Å²) in [5.41, 5.74) is 2.83. The van der Waals surface area contributed by atoms with Gasteiger partial charge >= 0.3 is 11.9 Å². The lowest BCUT2D eigenvalue weighted by molar-refractivity contribution is -0.144.